The normalized spacial score (nSPS) is 12.1. The number of hydrogen-bond donors (Lipinski definition) is 1. The third kappa shape index (κ3) is 5.61. The molecule has 2 amide bonds. The number of furan rings is 1. The minimum atomic E-state index is -0.192. The number of carbonyl (C=O) groups is 2. The van der Waals surface area contributed by atoms with Crippen LogP contribution in [0.1, 0.15) is 64.7 Å². The Hall–Kier alpha value is -2.30. The van der Waals surface area contributed by atoms with Crippen LogP contribution < -0.4 is 5.32 Å². The first-order valence-electron chi connectivity index (χ1n) is 9.60. The van der Waals surface area contributed by atoms with Crippen LogP contribution in [-0.2, 0) is 9.59 Å². The van der Waals surface area contributed by atoms with Gasteiger partial charge in [-0.25, -0.2) is 0 Å². The summed E-state index contributed by atoms with van der Waals surface area (Å²) in [6.45, 7) is 7.64. The first-order chi connectivity index (χ1) is 12.5. The topological polar surface area (TPSA) is 62.6 Å². The van der Waals surface area contributed by atoms with Gasteiger partial charge in [-0.15, -0.1) is 0 Å². The second-order valence-electron chi connectivity index (χ2n) is 6.71. The van der Waals surface area contributed by atoms with E-state index in [0.717, 1.165) is 42.7 Å². The molecule has 1 heterocycles. The van der Waals surface area contributed by atoms with Crippen molar-refractivity contribution in [1.82, 2.24) is 10.2 Å². The molecule has 2 aromatic rings. The van der Waals surface area contributed by atoms with Gasteiger partial charge in [0.2, 0.25) is 11.8 Å². The zero-order valence-corrected chi connectivity index (χ0v) is 16.1. The van der Waals surface area contributed by atoms with Crippen LogP contribution in [0.15, 0.2) is 34.7 Å². The minimum absolute atomic E-state index is 0.0525. The van der Waals surface area contributed by atoms with Gasteiger partial charge in [0.25, 0.3) is 0 Å². The Balaban J connectivity index is 1.78. The van der Waals surface area contributed by atoms with Crippen molar-refractivity contribution in [3.05, 3.63) is 36.1 Å². The van der Waals surface area contributed by atoms with Gasteiger partial charge in [0.1, 0.15) is 11.3 Å². The van der Waals surface area contributed by atoms with E-state index in [0.29, 0.717) is 19.3 Å². The lowest BCUT2D eigenvalue weighted by Crippen LogP contribution is -2.32. The average molecular weight is 358 g/mol. The molecule has 0 saturated carbocycles. The molecular weight excluding hydrogens is 328 g/mol. The van der Waals surface area contributed by atoms with Gasteiger partial charge >= 0.3 is 0 Å². The first kappa shape index (κ1) is 20.0. The number of fused-ring (bicyclic) bond motifs is 1. The van der Waals surface area contributed by atoms with Gasteiger partial charge in [-0.3, -0.25) is 9.59 Å². The van der Waals surface area contributed by atoms with Crippen molar-refractivity contribution in [2.75, 3.05) is 13.1 Å². The standard InChI is InChI=1S/C21H30N2O3/c1-4-13-23(14-5-2)21(25)12-8-11-20(24)22-16(3)19-15-17-9-6-7-10-18(17)26-19/h6-7,9-10,15-16H,4-5,8,11-14H2,1-3H3,(H,22,24). The van der Waals surface area contributed by atoms with Gasteiger partial charge in [0, 0.05) is 31.3 Å². The molecule has 26 heavy (non-hydrogen) atoms. The Morgan fingerprint density at radius 2 is 1.81 bits per heavy atom. The molecule has 2 rings (SSSR count). The molecule has 0 aliphatic rings. The van der Waals surface area contributed by atoms with Gasteiger partial charge < -0.3 is 14.6 Å². The highest BCUT2D eigenvalue weighted by molar-refractivity contribution is 5.80. The van der Waals surface area contributed by atoms with Gasteiger partial charge in [-0.1, -0.05) is 32.0 Å². The third-order valence-corrected chi connectivity index (χ3v) is 4.38. The van der Waals surface area contributed by atoms with Crippen LogP contribution in [0, 0.1) is 0 Å². The maximum Gasteiger partial charge on any atom is 0.222 e. The predicted octanol–water partition coefficient (Wildman–Crippen LogP) is 4.43. The fourth-order valence-corrected chi connectivity index (χ4v) is 3.06. The lowest BCUT2D eigenvalue weighted by Gasteiger charge is -2.21. The maximum atomic E-state index is 12.2. The molecule has 0 radical (unpaired) electrons. The summed E-state index contributed by atoms with van der Waals surface area (Å²) < 4.78 is 5.78. The Morgan fingerprint density at radius 3 is 2.46 bits per heavy atom. The Labute approximate surface area is 155 Å². The number of para-hydroxylation sites is 1. The molecular formula is C21H30N2O3. The molecule has 0 saturated heterocycles. The highest BCUT2D eigenvalue weighted by atomic mass is 16.3. The molecule has 5 nitrogen and oxygen atoms in total. The van der Waals surface area contributed by atoms with Crippen LogP contribution in [0.3, 0.4) is 0 Å². The van der Waals surface area contributed by atoms with Crippen LogP contribution >= 0.6 is 0 Å². The highest BCUT2D eigenvalue weighted by Gasteiger charge is 2.15. The Bertz CT molecular complexity index is 684. The van der Waals surface area contributed by atoms with E-state index in [1.54, 1.807) is 0 Å². The van der Waals surface area contributed by atoms with Crippen LogP contribution in [0.25, 0.3) is 11.0 Å². The second-order valence-corrected chi connectivity index (χ2v) is 6.71. The molecule has 1 aromatic carbocycles. The molecule has 0 aliphatic heterocycles. The SMILES string of the molecule is CCCN(CCC)C(=O)CCCC(=O)NC(C)c1cc2ccccc2o1. The Morgan fingerprint density at radius 1 is 1.12 bits per heavy atom. The molecule has 1 aromatic heterocycles. The van der Waals surface area contributed by atoms with E-state index in [4.69, 9.17) is 4.42 Å². The smallest absolute Gasteiger partial charge is 0.222 e. The van der Waals surface area contributed by atoms with E-state index >= 15 is 0 Å². The lowest BCUT2D eigenvalue weighted by atomic mass is 10.1. The summed E-state index contributed by atoms with van der Waals surface area (Å²) >= 11 is 0. The number of amides is 2. The van der Waals surface area contributed by atoms with Gasteiger partial charge in [0.15, 0.2) is 0 Å². The summed E-state index contributed by atoms with van der Waals surface area (Å²) in [5.74, 6) is 0.836. The van der Waals surface area contributed by atoms with Crippen molar-refractivity contribution >= 4 is 22.8 Å². The molecule has 5 heteroatoms. The van der Waals surface area contributed by atoms with E-state index in [2.05, 4.69) is 19.2 Å². The Kier molecular flexibility index (Phi) is 7.70. The van der Waals surface area contributed by atoms with E-state index < -0.39 is 0 Å². The number of carbonyl (C=O) groups excluding carboxylic acids is 2. The lowest BCUT2D eigenvalue weighted by molar-refractivity contribution is -0.131. The number of rotatable bonds is 10. The first-order valence-corrected chi connectivity index (χ1v) is 9.60. The number of nitrogens with one attached hydrogen (secondary N) is 1. The predicted molar refractivity (Wildman–Crippen MR) is 104 cm³/mol. The van der Waals surface area contributed by atoms with Crippen LogP contribution in [0.5, 0.6) is 0 Å². The zero-order valence-electron chi connectivity index (χ0n) is 16.1. The van der Waals surface area contributed by atoms with Crippen molar-refractivity contribution in [3.8, 4) is 0 Å². The van der Waals surface area contributed by atoms with E-state index in [-0.39, 0.29) is 17.9 Å². The van der Waals surface area contributed by atoms with E-state index in [9.17, 15) is 9.59 Å². The molecule has 1 unspecified atom stereocenters. The van der Waals surface area contributed by atoms with Gasteiger partial charge in [-0.05, 0) is 38.3 Å². The summed E-state index contributed by atoms with van der Waals surface area (Å²) in [4.78, 5) is 26.3. The van der Waals surface area contributed by atoms with Crippen molar-refractivity contribution in [2.45, 2.75) is 58.9 Å². The largest absolute Gasteiger partial charge is 0.459 e. The van der Waals surface area contributed by atoms with E-state index in [1.807, 2.05) is 42.2 Å². The van der Waals surface area contributed by atoms with Crippen molar-refractivity contribution < 1.29 is 14.0 Å². The summed E-state index contributed by atoms with van der Waals surface area (Å²) in [5, 5.41) is 3.98. The second kappa shape index (κ2) is 10.00. The fraction of sp³-hybridized carbons (Fsp3) is 0.524. The molecule has 0 aliphatic carbocycles. The van der Waals surface area contributed by atoms with Crippen LogP contribution in [0.4, 0.5) is 0 Å². The molecule has 0 fully saturated rings. The quantitative estimate of drug-likeness (QED) is 0.683. The van der Waals surface area contributed by atoms with E-state index in [1.165, 1.54) is 0 Å². The molecule has 0 bridgehead atoms. The van der Waals surface area contributed by atoms with Crippen molar-refractivity contribution in [2.24, 2.45) is 0 Å². The average Bonchev–Trinajstić information content (AvgIpc) is 3.05. The minimum Gasteiger partial charge on any atom is -0.459 e. The monoisotopic (exact) mass is 358 g/mol. The summed E-state index contributed by atoms with van der Waals surface area (Å²) in [7, 11) is 0. The number of nitrogens with zero attached hydrogens (tertiary/aromatic N) is 1. The molecule has 142 valence electrons. The van der Waals surface area contributed by atoms with Crippen LogP contribution in [0.2, 0.25) is 0 Å². The summed E-state index contributed by atoms with van der Waals surface area (Å²) in [6, 6.07) is 9.55. The van der Waals surface area contributed by atoms with Gasteiger partial charge in [-0.2, -0.15) is 0 Å². The summed E-state index contributed by atoms with van der Waals surface area (Å²) in [6.07, 6.45) is 3.26. The highest BCUT2D eigenvalue weighted by Crippen LogP contribution is 2.23. The summed E-state index contributed by atoms with van der Waals surface area (Å²) in [5.41, 5.74) is 0.820. The third-order valence-electron chi connectivity index (χ3n) is 4.38. The van der Waals surface area contributed by atoms with Crippen LogP contribution in [-0.4, -0.2) is 29.8 Å². The maximum absolute atomic E-state index is 12.2. The van der Waals surface area contributed by atoms with Crippen molar-refractivity contribution in [3.63, 3.8) is 0 Å². The fourth-order valence-electron chi connectivity index (χ4n) is 3.06. The molecule has 0 spiro atoms. The number of benzene rings is 1. The zero-order chi connectivity index (χ0) is 18.9. The molecule has 1 N–H and O–H groups in total. The van der Waals surface area contributed by atoms with Gasteiger partial charge in [0.05, 0.1) is 6.04 Å². The van der Waals surface area contributed by atoms with Crippen molar-refractivity contribution in [1.29, 1.82) is 0 Å². The molecule has 1 atom stereocenters. The number of hydrogen-bond acceptors (Lipinski definition) is 3.